The number of ether oxygens (including phenoxy) is 1. The summed E-state index contributed by atoms with van der Waals surface area (Å²) < 4.78 is 59.9. The normalized spacial score (nSPS) is 13.3. The van der Waals surface area contributed by atoms with Crippen LogP contribution >= 0.6 is 11.3 Å². The van der Waals surface area contributed by atoms with E-state index in [0.29, 0.717) is 18.4 Å². The molecule has 168 valence electrons. The van der Waals surface area contributed by atoms with Crippen molar-refractivity contribution >= 4 is 44.2 Å². The zero-order valence-electron chi connectivity index (χ0n) is 15.9. The third-order valence-corrected chi connectivity index (χ3v) is 5.14. The number of alkyl halides is 3. The Bertz CT molecular complexity index is 1200. The molecule has 1 unspecified atom stereocenters. The average Bonchev–Trinajstić information content (AvgIpc) is 3.13. The molecule has 1 atom stereocenters. The largest absolute Gasteiger partial charge is 0.466 e. The molecule has 2 aromatic carbocycles. The van der Waals surface area contributed by atoms with Crippen molar-refractivity contribution in [1.29, 1.82) is 0 Å². The van der Waals surface area contributed by atoms with E-state index in [1.807, 2.05) is 5.32 Å². The minimum Gasteiger partial charge on any atom is -0.466 e. The minimum atomic E-state index is -5.42. The number of methoxy groups -OCH3 is 1. The number of benzene rings is 2. The molecule has 1 aromatic heterocycles. The summed E-state index contributed by atoms with van der Waals surface area (Å²) in [6.45, 7) is 0. The third kappa shape index (κ3) is 4.30. The number of nitro groups is 1. The van der Waals surface area contributed by atoms with E-state index in [9.17, 15) is 37.3 Å². The first-order valence-electron chi connectivity index (χ1n) is 8.53. The number of hydrogen-bond acceptors (Lipinski definition) is 8. The first-order chi connectivity index (χ1) is 15.0. The first kappa shape index (κ1) is 22.9. The molecule has 0 bridgehead atoms. The van der Waals surface area contributed by atoms with Crippen molar-refractivity contribution in [3.8, 4) is 0 Å². The van der Waals surface area contributed by atoms with Gasteiger partial charge in [-0.15, -0.1) is 0 Å². The Balaban J connectivity index is 2.05. The van der Waals surface area contributed by atoms with Gasteiger partial charge >= 0.3 is 17.8 Å². The number of nitrogens with one attached hydrogen (secondary N) is 2. The number of carbonyl (C=O) groups is 2. The Morgan fingerprint density at radius 3 is 2.38 bits per heavy atom. The Morgan fingerprint density at radius 1 is 1.16 bits per heavy atom. The lowest BCUT2D eigenvalue weighted by Gasteiger charge is -2.34. The Morgan fingerprint density at radius 2 is 1.81 bits per heavy atom. The van der Waals surface area contributed by atoms with Crippen molar-refractivity contribution in [2.45, 2.75) is 11.8 Å². The number of nitrogens with zero attached hydrogens (tertiary/aromatic N) is 2. The van der Waals surface area contributed by atoms with E-state index in [0.717, 1.165) is 36.4 Å². The number of fused-ring (bicyclic) bond motifs is 1. The molecule has 0 aliphatic heterocycles. The second-order valence-corrected chi connectivity index (χ2v) is 7.28. The van der Waals surface area contributed by atoms with Crippen LogP contribution in [0.4, 0.5) is 28.4 Å². The van der Waals surface area contributed by atoms with Crippen molar-refractivity contribution < 1.29 is 36.8 Å². The Labute approximate surface area is 180 Å². The van der Waals surface area contributed by atoms with E-state index in [2.05, 4.69) is 9.72 Å². The third-order valence-electron chi connectivity index (χ3n) is 4.20. The quantitative estimate of drug-likeness (QED) is 0.185. The number of esters is 1. The summed E-state index contributed by atoms with van der Waals surface area (Å²) in [5.41, 5.74) is -4.31. The van der Waals surface area contributed by atoms with Crippen LogP contribution in [0.1, 0.15) is 10.4 Å². The van der Waals surface area contributed by atoms with Gasteiger partial charge in [0.15, 0.2) is 5.13 Å². The molecule has 2 N–H and O–H groups in total. The van der Waals surface area contributed by atoms with Crippen LogP contribution in [0, 0.1) is 15.9 Å². The fraction of sp³-hybridized carbons (Fsp3) is 0.167. The second-order valence-electron chi connectivity index (χ2n) is 6.25. The predicted octanol–water partition coefficient (Wildman–Crippen LogP) is 3.62. The van der Waals surface area contributed by atoms with Crippen molar-refractivity contribution in [1.82, 2.24) is 10.3 Å². The number of aromatic nitrogens is 1. The van der Waals surface area contributed by atoms with Gasteiger partial charge in [0.05, 0.1) is 22.2 Å². The molecular formula is C18H12F4N4O5S. The van der Waals surface area contributed by atoms with Gasteiger partial charge < -0.3 is 15.4 Å². The lowest BCUT2D eigenvalue weighted by atomic mass is 10.1. The zero-order valence-corrected chi connectivity index (χ0v) is 16.7. The molecule has 9 nitrogen and oxygen atoms in total. The molecule has 0 aliphatic carbocycles. The molecule has 3 aromatic rings. The SMILES string of the molecule is COC(=O)C(NC(=O)c1ccc(F)cc1)(Nc1nc2ccc([N+](=O)[O-])cc2s1)C(F)(F)F. The van der Waals surface area contributed by atoms with E-state index in [4.69, 9.17) is 0 Å². The topological polar surface area (TPSA) is 123 Å². The summed E-state index contributed by atoms with van der Waals surface area (Å²) in [6, 6.07) is 7.01. The van der Waals surface area contributed by atoms with Crippen LogP contribution in [0.5, 0.6) is 0 Å². The van der Waals surface area contributed by atoms with Crippen LogP contribution in [-0.2, 0) is 9.53 Å². The molecule has 0 fully saturated rings. The number of halogens is 4. The van der Waals surface area contributed by atoms with Gasteiger partial charge in [0.2, 0.25) is 0 Å². The first-order valence-corrected chi connectivity index (χ1v) is 9.35. The molecule has 32 heavy (non-hydrogen) atoms. The maximum atomic E-state index is 14.1. The van der Waals surface area contributed by atoms with Gasteiger partial charge in [-0.25, -0.2) is 14.2 Å². The van der Waals surface area contributed by atoms with Gasteiger partial charge in [-0.1, -0.05) is 11.3 Å². The monoisotopic (exact) mass is 472 g/mol. The van der Waals surface area contributed by atoms with Crippen LogP contribution in [0.15, 0.2) is 42.5 Å². The number of anilines is 1. The molecule has 0 spiro atoms. The summed E-state index contributed by atoms with van der Waals surface area (Å²) in [6.07, 6.45) is -5.42. The lowest BCUT2D eigenvalue weighted by Crippen LogP contribution is -2.69. The predicted molar refractivity (Wildman–Crippen MR) is 105 cm³/mol. The highest BCUT2D eigenvalue weighted by atomic mass is 32.1. The van der Waals surface area contributed by atoms with Crippen LogP contribution in [0.25, 0.3) is 10.2 Å². The highest BCUT2D eigenvalue weighted by molar-refractivity contribution is 7.22. The van der Waals surface area contributed by atoms with E-state index in [-0.39, 0.29) is 21.5 Å². The summed E-state index contributed by atoms with van der Waals surface area (Å²) in [5.74, 6) is -3.97. The van der Waals surface area contributed by atoms with Crippen molar-refractivity contribution in [3.05, 3.63) is 64.0 Å². The fourth-order valence-electron chi connectivity index (χ4n) is 2.63. The summed E-state index contributed by atoms with van der Waals surface area (Å²) in [4.78, 5) is 38.8. The molecule has 0 aliphatic rings. The highest BCUT2D eigenvalue weighted by Gasteiger charge is 2.64. The van der Waals surface area contributed by atoms with Crippen LogP contribution in [0.2, 0.25) is 0 Å². The van der Waals surface area contributed by atoms with Crippen molar-refractivity contribution in [3.63, 3.8) is 0 Å². The summed E-state index contributed by atoms with van der Waals surface area (Å²) in [5, 5.41) is 13.9. The second kappa shape index (κ2) is 8.37. The van der Waals surface area contributed by atoms with E-state index in [1.165, 1.54) is 6.07 Å². The van der Waals surface area contributed by atoms with Gasteiger partial charge in [0.1, 0.15) is 5.82 Å². The van der Waals surface area contributed by atoms with Gasteiger partial charge in [-0.05, 0) is 30.3 Å². The number of amides is 1. The number of nitro benzene ring substituents is 1. The average molecular weight is 472 g/mol. The van der Waals surface area contributed by atoms with Crippen molar-refractivity contribution in [2.75, 3.05) is 12.4 Å². The Hall–Kier alpha value is -3.81. The summed E-state index contributed by atoms with van der Waals surface area (Å²) >= 11 is 0.589. The number of hydrogen-bond donors (Lipinski definition) is 2. The van der Waals surface area contributed by atoms with Gasteiger partial charge in [0.25, 0.3) is 11.6 Å². The molecule has 1 heterocycles. The van der Waals surface area contributed by atoms with Gasteiger partial charge in [-0.3, -0.25) is 14.9 Å². The standard InChI is InChI=1S/C18H12F4N4O5S/c1-31-15(28)17(18(20,21)22,24-14(27)9-2-4-10(19)5-3-9)25-16-23-12-7-6-11(26(29)30)8-13(12)32-16/h2-8H,1H3,(H,23,25)(H,24,27). The van der Waals surface area contributed by atoms with E-state index in [1.54, 1.807) is 5.32 Å². The Kier molecular flexibility index (Phi) is 5.98. The maximum absolute atomic E-state index is 14.1. The van der Waals surface area contributed by atoms with Gasteiger partial charge in [-0.2, -0.15) is 13.2 Å². The van der Waals surface area contributed by atoms with Crippen LogP contribution in [-0.4, -0.2) is 40.7 Å². The number of carbonyl (C=O) groups excluding carboxylic acids is 2. The highest BCUT2D eigenvalue weighted by Crippen LogP contribution is 2.36. The molecular weight excluding hydrogens is 460 g/mol. The molecule has 0 saturated heterocycles. The smallest absolute Gasteiger partial charge is 0.442 e. The summed E-state index contributed by atoms with van der Waals surface area (Å²) in [7, 11) is 0.691. The zero-order chi connectivity index (χ0) is 23.7. The van der Waals surface area contributed by atoms with E-state index < -0.39 is 39.6 Å². The lowest BCUT2D eigenvalue weighted by molar-refractivity contribution is -0.384. The van der Waals surface area contributed by atoms with Gasteiger partial charge in [0, 0.05) is 17.7 Å². The minimum absolute atomic E-state index is 0.119. The van der Waals surface area contributed by atoms with Crippen molar-refractivity contribution in [2.24, 2.45) is 0 Å². The number of rotatable bonds is 6. The van der Waals surface area contributed by atoms with Crippen LogP contribution in [0.3, 0.4) is 0 Å². The number of thiazole rings is 1. The molecule has 3 rings (SSSR count). The number of non-ortho nitro benzene ring substituents is 1. The molecule has 0 radical (unpaired) electrons. The molecule has 0 saturated carbocycles. The fourth-order valence-corrected chi connectivity index (χ4v) is 3.58. The molecule has 14 heteroatoms. The van der Waals surface area contributed by atoms with E-state index >= 15 is 0 Å². The molecule has 1 amide bonds. The maximum Gasteiger partial charge on any atom is 0.442 e. The van der Waals surface area contributed by atoms with Crippen LogP contribution < -0.4 is 10.6 Å².